The predicted octanol–water partition coefficient (Wildman–Crippen LogP) is 5.77. The van der Waals surface area contributed by atoms with Gasteiger partial charge < -0.3 is 4.74 Å². The molecule has 94 valence electrons. The third kappa shape index (κ3) is 3.16. The maximum atomic E-state index is 13.3. The summed E-state index contributed by atoms with van der Waals surface area (Å²) in [6.45, 7) is 0. The molecule has 0 atom stereocenters. The van der Waals surface area contributed by atoms with Crippen molar-refractivity contribution in [1.29, 1.82) is 0 Å². The lowest BCUT2D eigenvalue weighted by Gasteiger charge is -2.10. The zero-order valence-corrected chi connectivity index (χ0v) is 12.2. The summed E-state index contributed by atoms with van der Waals surface area (Å²) in [6, 6.07) is 9.75. The monoisotopic (exact) mass is 348 g/mol. The van der Waals surface area contributed by atoms with Crippen molar-refractivity contribution in [3.63, 3.8) is 0 Å². The summed E-state index contributed by atoms with van der Waals surface area (Å²) in [7, 11) is 0. The maximum Gasteiger partial charge on any atom is 0.145 e. The Morgan fingerprint density at radius 3 is 2.61 bits per heavy atom. The van der Waals surface area contributed by atoms with E-state index in [4.69, 9.17) is 27.9 Å². The molecule has 0 aliphatic rings. The van der Waals surface area contributed by atoms with Crippen LogP contribution in [0.1, 0.15) is 5.56 Å². The molecule has 0 heterocycles. The first kappa shape index (κ1) is 13.7. The summed E-state index contributed by atoms with van der Waals surface area (Å²) in [6.07, 6.45) is 0. The Hall–Kier alpha value is -0.770. The molecule has 0 saturated carbocycles. The molecule has 0 aromatic heterocycles. The van der Waals surface area contributed by atoms with Gasteiger partial charge in [0.2, 0.25) is 0 Å². The molecule has 0 aliphatic heterocycles. The van der Waals surface area contributed by atoms with Gasteiger partial charge in [-0.15, -0.1) is 11.6 Å². The smallest absolute Gasteiger partial charge is 0.145 e. The van der Waals surface area contributed by atoms with Gasteiger partial charge in [-0.1, -0.05) is 27.5 Å². The summed E-state index contributed by atoms with van der Waals surface area (Å²) in [5.41, 5.74) is 0.821. The second kappa shape index (κ2) is 5.91. The van der Waals surface area contributed by atoms with E-state index in [1.165, 1.54) is 12.1 Å². The van der Waals surface area contributed by atoms with Crippen LogP contribution in [0.3, 0.4) is 0 Å². The van der Waals surface area contributed by atoms with Crippen LogP contribution in [0, 0.1) is 5.82 Å². The van der Waals surface area contributed by atoms with E-state index in [2.05, 4.69) is 15.9 Å². The van der Waals surface area contributed by atoms with E-state index < -0.39 is 5.82 Å². The summed E-state index contributed by atoms with van der Waals surface area (Å²) in [5.74, 6) is 0.768. The van der Waals surface area contributed by atoms with Crippen molar-refractivity contribution in [2.75, 3.05) is 0 Å². The highest BCUT2D eigenvalue weighted by Gasteiger charge is 2.07. The zero-order valence-electron chi connectivity index (χ0n) is 9.09. The first-order valence-corrected chi connectivity index (χ1v) is 6.78. The Bertz CT molecular complexity index is 575. The first-order valence-electron chi connectivity index (χ1n) is 5.07. The van der Waals surface area contributed by atoms with Gasteiger partial charge >= 0.3 is 0 Å². The van der Waals surface area contributed by atoms with Crippen molar-refractivity contribution < 1.29 is 9.13 Å². The van der Waals surface area contributed by atoms with E-state index in [1.54, 1.807) is 12.1 Å². The molecule has 0 bridgehead atoms. The van der Waals surface area contributed by atoms with Crippen molar-refractivity contribution in [3.05, 3.63) is 57.3 Å². The lowest BCUT2D eigenvalue weighted by atomic mass is 10.2. The summed E-state index contributed by atoms with van der Waals surface area (Å²) >= 11 is 14.8. The van der Waals surface area contributed by atoms with E-state index in [0.717, 1.165) is 10.0 Å². The molecule has 0 N–H and O–H groups in total. The molecule has 0 aliphatic carbocycles. The molecule has 0 fully saturated rings. The third-order valence-corrected chi connectivity index (χ3v) is 3.37. The highest BCUT2D eigenvalue weighted by atomic mass is 79.9. The molecule has 0 unspecified atom stereocenters. The van der Waals surface area contributed by atoms with E-state index in [9.17, 15) is 4.39 Å². The lowest BCUT2D eigenvalue weighted by Crippen LogP contribution is -1.90. The van der Waals surface area contributed by atoms with Gasteiger partial charge in [0, 0.05) is 16.1 Å². The highest BCUT2D eigenvalue weighted by molar-refractivity contribution is 9.10. The average molecular weight is 350 g/mol. The van der Waals surface area contributed by atoms with Crippen molar-refractivity contribution >= 4 is 39.1 Å². The van der Waals surface area contributed by atoms with Crippen molar-refractivity contribution in [1.82, 2.24) is 0 Å². The topological polar surface area (TPSA) is 9.23 Å². The molecule has 2 aromatic carbocycles. The van der Waals surface area contributed by atoms with Gasteiger partial charge in [0.15, 0.2) is 0 Å². The number of benzene rings is 2. The Kier molecular flexibility index (Phi) is 4.49. The number of hydrogen-bond acceptors (Lipinski definition) is 1. The van der Waals surface area contributed by atoms with E-state index in [0.29, 0.717) is 17.4 Å². The SMILES string of the molecule is Fc1cc(Oc2ccc(Br)cc2CCl)ccc1Cl. The Labute approximate surface area is 123 Å². The average Bonchev–Trinajstić information content (AvgIpc) is 2.36. The summed E-state index contributed by atoms with van der Waals surface area (Å²) in [5, 5.41) is 0.0655. The van der Waals surface area contributed by atoms with Crippen LogP contribution < -0.4 is 4.74 Å². The quantitative estimate of drug-likeness (QED) is 0.639. The van der Waals surface area contributed by atoms with Gasteiger partial charge in [-0.25, -0.2) is 4.39 Å². The highest BCUT2D eigenvalue weighted by Crippen LogP contribution is 2.30. The van der Waals surface area contributed by atoms with Crippen molar-refractivity contribution in [2.45, 2.75) is 5.88 Å². The minimum absolute atomic E-state index is 0.0655. The zero-order chi connectivity index (χ0) is 13.1. The van der Waals surface area contributed by atoms with E-state index in [1.807, 2.05) is 12.1 Å². The fourth-order valence-electron chi connectivity index (χ4n) is 1.42. The van der Waals surface area contributed by atoms with Gasteiger partial charge in [-0.05, 0) is 30.3 Å². The number of hydrogen-bond donors (Lipinski definition) is 0. The van der Waals surface area contributed by atoms with Crippen LogP contribution in [0.2, 0.25) is 5.02 Å². The molecule has 0 spiro atoms. The third-order valence-electron chi connectivity index (χ3n) is 2.29. The number of halogens is 4. The molecule has 0 amide bonds. The fourth-order valence-corrected chi connectivity index (χ4v) is 2.15. The summed E-state index contributed by atoms with van der Waals surface area (Å²) < 4.78 is 19.8. The Morgan fingerprint density at radius 2 is 1.94 bits per heavy atom. The minimum Gasteiger partial charge on any atom is -0.457 e. The van der Waals surface area contributed by atoms with Gasteiger partial charge in [0.25, 0.3) is 0 Å². The van der Waals surface area contributed by atoms with Gasteiger partial charge in [-0.3, -0.25) is 0 Å². The van der Waals surface area contributed by atoms with Crippen LogP contribution in [0.5, 0.6) is 11.5 Å². The first-order chi connectivity index (χ1) is 8.60. The Balaban J connectivity index is 2.30. The number of alkyl halides is 1. The molecule has 0 saturated heterocycles. The van der Waals surface area contributed by atoms with Crippen LogP contribution in [0.25, 0.3) is 0 Å². The normalized spacial score (nSPS) is 10.4. The van der Waals surface area contributed by atoms with Crippen LogP contribution in [0.15, 0.2) is 40.9 Å². The van der Waals surface area contributed by atoms with Crippen LogP contribution >= 0.6 is 39.1 Å². The standard InChI is InChI=1S/C13H8BrCl2FO/c14-9-1-4-13(8(5-9)7-15)18-10-2-3-11(16)12(17)6-10/h1-6H,7H2. The van der Waals surface area contributed by atoms with Gasteiger partial charge in [0.1, 0.15) is 17.3 Å². The van der Waals surface area contributed by atoms with E-state index >= 15 is 0 Å². The number of rotatable bonds is 3. The molecule has 2 aromatic rings. The number of ether oxygens (including phenoxy) is 1. The second-order valence-corrected chi connectivity index (χ2v) is 5.15. The Morgan fingerprint density at radius 1 is 1.17 bits per heavy atom. The van der Waals surface area contributed by atoms with Crippen molar-refractivity contribution in [2.24, 2.45) is 0 Å². The van der Waals surface area contributed by atoms with Crippen LogP contribution in [0.4, 0.5) is 4.39 Å². The van der Waals surface area contributed by atoms with Crippen LogP contribution in [-0.2, 0) is 5.88 Å². The largest absolute Gasteiger partial charge is 0.457 e. The minimum atomic E-state index is -0.515. The molecular formula is C13H8BrCl2FO. The lowest BCUT2D eigenvalue weighted by molar-refractivity contribution is 0.472. The maximum absolute atomic E-state index is 13.3. The van der Waals surface area contributed by atoms with Crippen LogP contribution in [-0.4, -0.2) is 0 Å². The van der Waals surface area contributed by atoms with Gasteiger partial charge in [-0.2, -0.15) is 0 Å². The van der Waals surface area contributed by atoms with Crippen molar-refractivity contribution in [3.8, 4) is 11.5 Å². The predicted molar refractivity (Wildman–Crippen MR) is 75.2 cm³/mol. The molecule has 0 radical (unpaired) electrons. The molecule has 18 heavy (non-hydrogen) atoms. The van der Waals surface area contributed by atoms with Gasteiger partial charge in [0.05, 0.1) is 10.9 Å². The molecule has 5 heteroatoms. The molecule has 2 rings (SSSR count). The summed E-state index contributed by atoms with van der Waals surface area (Å²) in [4.78, 5) is 0. The fraction of sp³-hybridized carbons (Fsp3) is 0.0769. The molecule has 1 nitrogen and oxygen atoms in total. The van der Waals surface area contributed by atoms with E-state index in [-0.39, 0.29) is 5.02 Å². The second-order valence-electron chi connectivity index (χ2n) is 3.56. The molecular weight excluding hydrogens is 342 g/mol.